The smallest absolute Gasteiger partial charge is 0.0594 e. The molecule has 0 radical (unpaired) electrons. The molecule has 0 unspecified atom stereocenters. The molecule has 0 spiro atoms. The third-order valence-corrected chi connectivity index (χ3v) is 3.14. The van der Waals surface area contributed by atoms with Crippen molar-refractivity contribution in [2.45, 2.75) is 45.1 Å². The van der Waals surface area contributed by atoms with Crippen molar-refractivity contribution in [1.82, 2.24) is 0 Å². The Morgan fingerprint density at radius 2 is 2.19 bits per heavy atom. The average Bonchev–Trinajstić information content (AvgIpc) is 2.25. The summed E-state index contributed by atoms with van der Waals surface area (Å²) in [6.07, 6.45) is 4.17. The van der Waals surface area contributed by atoms with E-state index < -0.39 is 5.60 Å². The lowest BCUT2D eigenvalue weighted by Crippen LogP contribution is -2.19. The summed E-state index contributed by atoms with van der Waals surface area (Å²) in [5.74, 6) is 0. The van der Waals surface area contributed by atoms with Crippen LogP contribution in [0.15, 0.2) is 18.2 Å². The third-order valence-electron chi connectivity index (χ3n) is 3.14. The van der Waals surface area contributed by atoms with Gasteiger partial charge in [0, 0.05) is 12.2 Å². The molecule has 88 valence electrons. The molecule has 2 nitrogen and oxygen atoms in total. The van der Waals surface area contributed by atoms with Crippen molar-refractivity contribution in [3.8, 4) is 0 Å². The van der Waals surface area contributed by atoms with Gasteiger partial charge in [-0.2, -0.15) is 0 Å². The van der Waals surface area contributed by atoms with Gasteiger partial charge in [0.15, 0.2) is 0 Å². The summed E-state index contributed by atoms with van der Waals surface area (Å²) in [5.41, 5.74) is 3.47. The van der Waals surface area contributed by atoms with E-state index in [0.717, 1.165) is 19.4 Å². The maximum Gasteiger partial charge on any atom is 0.0594 e. The van der Waals surface area contributed by atoms with Crippen molar-refractivity contribution in [1.29, 1.82) is 0 Å². The normalized spacial score (nSPS) is 15.4. The van der Waals surface area contributed by atoms with E-state index in [2.05, 4.69) is 23.5 Å². The maximum absolute atomic E-state index is 9.70. The molecule has 1 aromatic carbocycles. The molecule has 0 saturated heterocycles. The van der Waals surface area contributed by atoms with Gasteiger partial charge < -0.3 is 10.4 Å². The minimum Gasteiger partial charge on any atom is -0.390 e. The van der Waals surface area contributed by atoms with Gasteiger partial charge in [-0.1, -0.05) is 12.1 Å². The molecule has 1 aromatic rings. The molecule has 0 atom stereocenters. The highest BCUT2D eigenvalue weighted by molar-refractivity contribution is 5.54. The minimum atomic E-state index is -0.566. The van der Waals surface area contributed by atoms with Crippen LogP contribution < -0.4 is 5.32 Å². The number of rotatable bonds is 3. The van der Waals surface area contributed by atoms with Crippen molar-refractivity contribution >= 4 is 5.69 Å². The molecule has 0 aliphatic carbocycles. The molecule has 16 heavy (non-hydrogen) atoms. The number of fused-ring (bicyclic) bond motifs is 1. The summed E-state index contributed by atoms with van der Waals surface area (Å²) < 4.78 is 0. The van der Waals surface area contributed by atoms with E-state index in [0.29, 0.717) is 0 Å². The highest BCUT2D eigenvalue weighted by Gasteiger charge is 2.13. The zero-order valence-electron chi connectivity index (χ0n) is 10.2. The molecule has 1 heterocycles. The second kappa shape index (κ2) is 4.46. The van der Waals surface area contributed by atoms with Gasteiger partial charge in [0.1, 0.15) is 0 Å². The van der Waals surface area contributed by atoms with Crippen LogP contribution in [0.3, 0.4) is 0 Å². The van der Waals surface area contributed by atoms with Crippen LogP contribution in [-0.2, 0) is 12.8 Å². The van der Waals surface area contributed by atoms with Gasteiger partial charge in [0.25, 0.3) is 0 Å². The van der Waals surface area contributed by atoms with E-state index in [-0.39, 0.29) is 0 Å². The molecule has 0 bridgehead atoms. The van der Waals surface area contributed by atoms with Crippen LogP contribution in [0.5, 0.6) is 0 Å². The van der Waals surface area contributed by atoms with Crippen LogP contribution in [-0.4, -0.2) is 17.3 Å². The first-order chi connectivity index (χ1) is 7.54. The lowest BCUT2D eigenvalue weighted by molar-refractivity contribution is 0.0714. The van der Waals surface area contributed by atoms with Crippen LogP contribution in [0.1, 0.15) is 37.8 Å². The summed E-state index contributed by atoms with van der Waals surface area (Å²) in [6.45, 7) is 4.81. The standard InChI is InChI=1S/C14H21NO/c1-14(2,16)8-7-11-5-6-12-4-3-9-15-13(12)10-11/h5-6,10,15-16H,3-4,7-9H2,1-2H3. The molecule has 2 heteroatoms. The van der Waals surface area contributed by atoms with Crippen molar-refractivity contribution < 1.29 is 5.11 Å². The SMILES string of the molecule is CC(C)(O)CCc1ccc2c(c1)NCCC2. The van der Waals surface area contributed by atoms with Crippen LogP contribution in [0.2, 0.25) is 0 Å². The largest absolute Gasteiger partial charge is 0.390 e. The van der Waals surface area contributed by atoms with E-state index in [1.54, 1.807) is 0 Å². The first-order valence-electron chi connectivity index (χ1n) is 6.13. The first kappa shape index (κ1) is 11.5. The number of benzene rings is 1. The Labute approximate surface area is 97.7 Å². The van der Waals surface area contributed by atoms with Crippen LogP contribution in [0.25, 0.3) is 0 Å². The summed E-state index contributed by atoms with van der Waals surface area (Å²) >= 11 is 0. The lowest BCUT2D eigenvalue weighted by Gasteiger charge is -2.20. The van der Waals surface area contributed by atoms with E-state index in [9.17, 15) is 5.11 Å². The molecule has 2 N–H and O–H groups in total. The Morgan fingerprint density at radius 3 is 2.94 bits per heavy atom. The minimum absolute atomic E-state index is 0.566. The van der Waals surface area contributed by atoms with Crippen LogP contribution in [0.4, 0.5) is 5.69 Å². The number of aliphatic hydroxyl groups is 1. The monoisotopic (exact) mass is 219 g/mol. The average molecular weight is 219 g/mol. The number of aryl methyl sites for hydroxylation is 2. The maximum atomic E-state index is 9.70. The topological polar surface area (TPSA) is 32.3 Å². The van der Waals surface area contributed by atoms with E-state index in [4.69, 9.17) is 0 Å². The van der Waals surface area contributed by atoms with Gasteiger partial charge in [0.2, 0.25) is 0 Å². The van der Waals surface area contributed by atoms with Gasteiger partial charge in [-0.05, 0) is 56.7 Å². The van der Waals surface area contributed by atoms with Gasteiger partial charge in [-0.15, -0.1) is 0 Å². The second-order valence-electron chi connectivity index (χ2n) is 5.33. The van der Waals surface area contributed by atoms with E-state index in [1.807, 2.05) is 13.8 Å². The summed E-state index contributed by atoms with van der Waals surface area (Å²) in [7, 11) is 0. The molecule has 0 amide bonds. The Hall–Kier alpha value is -1.02. The van der Waals surface area contributed by atoms with Crippen molar-refractivity contribution in [3.05, 3.63) is 29.3 Å². The summed E-state index contributed by atoms with van der Waals surface area (Å²) in [6, 6.07) is 6.65. The zero-order chi connectivity index (χ0) is 11.6. The first-order valence-corrected chi connectivity index (χ1v) is 6.13. The fourth-order valence-electron chi connectivity index (χ4n) is 2.11. The molecule has 0 aromatic heterocycles. The van der Waals surface area contributed by atoms with Crippen LogP contribution >= 0.6 is 0 Å². The lowest BCUT2D eigenvalue weighted by atomic mass is 9.96. The van der Waals surface area contributed by atoms with Gasteiger partial charge in [0.05, 0.1) is 5.60 Å². The molecule has 1 aliphatic rings. The second-order valence-corrected chi connectivity index (χ2v) is 5.33. The summed E-state index contributed by atoms with van der Waals surface area (Å²) in [4.78, 5) is 0. The Balaban J connectivity index is 2.06. The van der Waals surface area contributed by atoms with Crippen LogP contribution in [0, 0.1) is 0 Å². The fourth-order valence-corrected chi connectivity index (χ4v) is 2.11. The predicted octanol–water partition coefficient (Wildman–Crippen LogP) is 2.75. The number of hydrogen-bond acceptors (Lipinski definition) is 2. The van der Waals surface area contributed by atoms with Gasteiger partial charge >= 0.3 is 0 Å². The highest BCUT2D eigenvalue weighted by atomic mass is 16.3. The Kier molecular flexibility index (Phi) is 3.20. The van der Waals surface area contributed by atoms with E-state index in [1.165, 1.54) is 29.7 Å². The van der Waals surface area contributed by atoms with E-state index >= 15 is 0 Å². The molecule has 0 fully saturated rings. The Morgan fingerprint density at radius 1 is 1.38 bits per heavy atom. The number of hydrogen-bond donors (Lipinski definition) is 2. The highest BCUT2D eigenvalue weighted by Crippen LogP contribution is 2.24. The fraction of sp³-hybridized carbons (Fsp3) is 0.571. The number of nitrogens with one attached hydrogen (secondary N) is 1. The molecular formula is C14H21NO. The van der Waals surface area contributed by atoms with Crippen molar-refractivity contribution in [2.24, 2.45) is 0 Å². The summed E-state index contributed by atoms with van der Waals surface area (Å²) in [5, 5.41) is 13.1. The third kappa shape index (κ3) is 2.99. The van der Waals surface area contributed by atoms with Gasteiger partial charge in [-0.3, -0.25) is 0 Å². The molecule has 0 saturated carbocycles. The van der Waals surface area contributed by atoms with Crippen molar-refractivity contribution in [3.63, 3.8) is 0 Å². The van der Waals surface area contributed by atoms with Crippen molar-refractivity contribution in [2.75, 3.05) is 11.9 Å². The number of anilines is 1. The zero-order valence-corrected chi connectivity index (χ0v) is 10.2. The van der Waals surface area contributed by atoms with Gasteiger partial charge in [-0.25, -0.2) is 0 Å². The molecule has 1 aliphatic heterocycles. The molecule has 2 rings (SSSR count). The Bertz CT molecular complexity index is 365. The quantitative estimate of drug-likeness (QED) is 0.819. The molecular weight excluding hydrogens is 198 g/mol. The predicted molar refractivity (Wildman–Crippen MR) is 67.9 cm³/mol.